The van der Waals surface area contributed by atoms with Crippen LogP contribution < -0.4 is 5.32 Å². The highest BCUT2D eigenvalue weighted by Gasteiger charge is 2.34. The van der Waals surface area contributed by atoms with Gasteiger partial charge in [-0.15, -0.1) is 11.8 Å². The van der Waals surface area contributed by atoms with E-state index < -0.39 is 33.3 Å². The number of hydrogen-bond donors (Lipinski definition) is 1. The Hall–Kier alpha value is -1.29. The number of benzene rings is 1. The Kier molecular flexibility index (Phi) is 5.24. The van der Waals surface area contributed by atoms with E-state index in [1.54, 1.807) is 0 Å². The zero-order valence-corrected chi connectivity index (χ0v) is 13.3. The van der Waals surface area contributed by atoms with Crippen molar-refractivity contribution in [2.75, 3.05) is 22.6 Å². The summed E-state index contributed by atoms with van der Waals surface area (Å²) in [6.45, 7) is 0. The van der Waals surface area contributed by atoms with Crippen LogP contribution in [0.1, 0.15) is 12.0 Å². The molecule has 0 unspecified atom stereocenters. The normalized spacial score (nSPS) is 20.4. The fourth-order valence-corrected chi connectivity index (χ4v) is 5.55. The number of amides is 1. The molecule has 1 atom stereocenters. The topological polar surface area (TPSA) is 63.2 Å². The van der Waals surface area contributed by atoms with Gasteiger partial charge < -0.3 is 5.32 Å². The molecule has 0 spiro atoms. The van der Waals surface area contributed by atoms with Crippen LogP contribution in [0.5, 0.6) is 0 Å². The standard InChI is InChI=1S/C13H13F4NO3S2/c14-11-2-1-8(5-10(11)13(15,16)17)18-12(19)6-22-9-3-4-23(20,21)7-9/h1-2,5,9H,3-4,6-7H2,(H,18,19)/t9-/m0/s1. The lowest BCUT2D eigenvalue weighted by atomic mass is 10.2. The highest BCUT2D eigenvalue weighted by molar-refractivity contribution is 8.02. The van der Waals surface area contributed by atoms with Crippen molar-refractivity contribution in [1.29, 1.82) is 0 Å². The number of rotatable bonds is 4. The lowest BCUT2D eigenvalue weighted by Gasteiger charge is -2.11. The number of carbonyl (C=O) groups excluding carboxylic acids is 1. The first-order valence-electron chi connectivity index (χ1n) is 6.55. The molecule has 1 N–H and O–H groups in total. The van der Waals surface area contributed by atoms with E-state index in [0.29, 0.717) is 18.6 Å². The van der Waals surface area contributed by atoms with E-state index in [1.165, 1.54) is 0 Å². The van der Waals surface area contributed by atoms with Crippen molar-refractivity contribution in [3.8, 4) is 0 Å². The Morgan fingerprint density at radius 2 is 2.04 bits per heavy atom. The van der Waals surface area contributed by atoms with Crippen molar-refractivity contribution in [2.45, 2.75) is 17.8 Å². The maximum Gasteiger partial charge on any atom is 0.419 e. The third-order valence-corrected chi connectivity index (χ3v) is 6.48. The van der Waals surface area contributed by atoms with E-state index in [9.17, 15) is 30.8 Å². The summed E-state index contributed by atoms with van der Waals surface area (Å²) in [6, 6.07) is 2.19. The Balaban J connectivity index is 1.93. The Morgan fingerprint density at radius 3 is 2.61 bits per heavy atom. The maximum atomic E-state index is 13.1. The van der Waals surface area contributed by atoms with E-state index in [2.05, 4.69) is 5.32 Å². The van der Waals surface area contributed by atoms with Gasteiger partial charge in [-0.05, 0) is 24.6 Å². The summed E-state index contributed by atoms with van der Waals surface area (Å²) >= 11 is 1.14. The van der Waals surface area contributed by atoms with Crippen molar-refractivity contribution >= 4 is 33.2 Å². The molecular weight excluding hydrogens is 358 g/mol. The molecule has 1 saturated heterocycles. The predicted octanol–water partition coefficient (Wildman–Crippen LogP) is 2.70. The monoisotopic (exact) mass is 371 g/mol. The summed E-state index contributed by atoms with van der Waals surface area (Å²) in [7, 11) is -3.05. The Morgan fingerprint density at radius 1 is 1.35 bits per heavy atom. The van der Waals surface area contributed by atoms with Crippen LogP contribution in [0.2, 0.25) is 0 Å². The molecule has 10 heteroatoms. The van der Waals surface area contributed by atoms with Crippen LogP contribution in [-0.2, 0) is 20.8 Å². The summed E-state index contributed by atoms with van der Waals surface area (Å²) in [4.78, 5) is 11.7. The molecule has 1 aliphatic heterocycles. The van der Waals surface area contributed by atoms with Crippen molar-refractivity contribution in [2.24, 2.45) is 0 Å². The van der Waals surface area contributed by atoms with Gasteiger partial charge in [-0.2, -0.15) is 13.2 Å². The molecule has 2 rings (SSSR count). The smallest absolute Gasteiger partial charge is 0.325 e. The summed E-state index contributed by atoms with van der Waals surface area (Å²) in [6.07, 6.45) is -4.40. The zero-order chi connectivity index (χ0) is 17.3. The second kappa shape index (κ2) is 6.68. The van der Waals surface area contributed by atoms with E-state index in [1.807, 2.05) is 0 Å². The van der Waals surface area contributed by atoms with Crippen LogP contribution in [0, 0.1) is 5.82 Å². The average molecular weight is 371 g/mol. The number of carbonyl (C=O) groups is 1. The molecule has 0 bridgehead atoms. The number of alkyl halides is 3. The van der Waals surface area contributed by atoms with Gasteiger partial charge in [-0.25, -0.2) is 12.8 Å². The van der Waals surface area contributed by atoms with Gasteiger partial charge in [0.2, 0.25) is 5.91 Å². The molecule has 1 heterocycles. The molecule has 0 saturated carbocycles. The largest absolute Gasteiger partial charge is 0.419 e. The van der Waals surface area contributed by atoms with Gasteiger partial charge in [0.25, 0.3) is 0 Å². The first-order valence-corrected chi connectivity index (χ1v) is 9.42. The van der Waals surface area contributed by atoms with Crippen LogP contribution in [0.4, 0.5) is 23.2 Å². The first kappa shape index (κ1) is 18.1. The molecule has 23 heavy (non-hydrogen) atoms. The van der Waals surface area contributed by atoms with Crippen LogP contribution in [-0.4, -0.2) is 36.8 Å². The van der Waals surface area contributed by atoms with Gasteiger partial charge in [0.15, 0.2) is 9.84 Å². The van der Waals surface area contributed by atoms with E-state index in [-0.39, 0.29) is 28.2 Å². The number of anilines is 1. The maximum absolute atomic E-state index is 13.1. The minimum absolute atomic E-state index is 0.000281. The molecular formula is C13H13F4NO3S2. The molecule has 1 fully saturated rings. The van der Waals surface area contributed by atoms with E-state index in [4.69, 9.17) is 0 Å². The van der Waals surface area contributed by atoms with Gasteiger partial charge in [0.05, 0.1) is 22.8 Å². The highest BCUT2D eigenvalue weighted by Crippen LogP contribution is 2.33. The quantitative estimate of drug-likeness (QED) is 0.827. The van der Waals surface area contributed by atoms with E-state index >= 15 is 0 Å². The number of sulfone groups is 1. The fraction of sp³-hybridized carbons (Fsp3) is 0.462. The van der Waals surface area contributed by atoms with Crippen LogP contribution in [0.15, 0.2) is 18.2 Å². The van der Waals surface area contributed by atoms with Crippen molar-refractivity contribution < 1.29 is 30.8 Å². The number of thioether (sulfide) groups is 1. The molecule has 1 amide bonds. The molecule has 0 aliphatic carbocycles. The fourth-order valence-electron chi connectivity index (χ4n) is 2.10. The van der Waals surface area contributed by atoms with Crippen LogP contribution >= 0.6 is 11.8 Å². The summed E-state index contributed by atoms with van der Waals surface area (Å²) in [5, 5.41) is 2.06. The van der Waals surface area contributed by atoms with Gasteiger partial charge in [0.1, 0.15) is 5.82 Å². The molecule has 1 aromatic rings. The third-order valence-electron chi connectivity index (χ3n) is 3.20. The minimum Gasteiger partial charge on any atom is -0.325 e. The van der Waals surface area contributed by atoms with Gasteiger partial charge in [-0.3, -0.25) is 4.79 Å². The van der Waals surface area contributed by atoms with E-state index in [0.717, 1.165) is 17.8 Å². The van der Waals surface area contributed by atoms with Gasteiger partial charge >= 0.3 is 6.18 Å². The minimum atomic E-state index is -4.85. The SMILES string of the molecule is O=C(CS[C@H]1CCS(=O)(=O)C1)Nc1ccc(F)c(C(F)(F)F)c1. The van der Waals surface area contributed by atoms with Crippen molar-refractivity contribution in [1.82, 2.24) is 0 Å². The molecule has 1 aliphatic rings. The molecule has 4 nitrogen and oxygen atoms in total. The summed E-state index contributed by atoms with van der Waals surface area (Å²) in [5.74, 6) is -1.99. The lowest BCUT2D eigenvalue weighted by molar-refractivity contribution is -0.140. The second-order valence-electron chi connectivity index (χ2n) is 5.08. The molecule has 0 radical (unpaired) electrons. The summed E-state index contributed by atoms with van der Waals surface area (Å²) < 4.78 is 73.4. The first-order chi connectivity index (χ1) is 10.6. The highest BCUT2D eigenvalue weighted by atomic mass is 32.2. The third kappa shape index (κ3) is 5.10. The number of halogens is 4. The van der Waals surface area contributed by atoms with Crippen LogP contribution in [0.3, 0.4) is 0 Å². The predicted molar refractivity (Wildman–Crippen MR) is 79.5 cm³/mol. The van der Waals surface area contributed by atoms with Gasteiger partial charge in [0, 0.05) is 10.9 Å². The average Bonchev–Trinajstić information content (AvgIpc) is 2.77. The Bertz CT molecular complexity index is 704. The molecule has 0 aromatic heterocycles. The molecule has 1 aromatic carbocycles. The number of nitrogens with one attached hydrogen (secondary N) is 1. The lowest BCUT2D eigenvalue weighted by Crippen LogP contribution is -2.18. The van der Waals surface area contributed by atoms with Crippen molar-refractivity contribution in [3.63, 3.8) is 0 Å². The Labute approximate surface area is 134 Å². The second-order valence-corrected chi connectivity index (χ2v) is 8.59. The summed E-state index contributed by atoms with van der Waals surface area (Å²) in [5.41, 5.74) is -1.62. The van der Waals surface area contributed by atoms with Crippen LogP contribution in [0.25, 0.3) is 0 Å². The van der Waals surface area contributed by atoms with Gasteiger partial charge in [-0.1, -0.05) is 0 Å². The zero-order valence-electron chi connectivity index (χ0n) is 11.7. The molecule has 128 valence electrons. The van der Waals surface area contributed by atoms with Crippen molar-refractivity contribution in [3.05, 3.63) is 29.6 Å². The number of hydrogen-bond acceptors (Lipinski definition) is 4.